The quantitative estimate of drug-likeness (QED) is 0.797. The summed E-state index contributed by atoms with van der Waals surface area (Å²) in [4.78, 5) is 0. The molecule has 0 saturated heterocycles. The van der Waals surface area contributed by atoms with Crippen molar-refractivity contribution in [1.82, 2.24) is 5.32 Å². The number of hydrogen-bond donors (Lipinski definition) is 1. The largest absolute Gasteiger partial charge is 0.497 e. The molecule has 2 heteroatoms. The zero-order chi connectivity index (χ0) is 12.0. The number of ether oxygens (including phenoxy) is 1. The molecular weight excluding hydrogens is 198 g/mol. The number of benzene rings is 1. The summed E-state index contributed by atoms with van der Waals surface area (Å²) in [6, 6.07) is 8.86. The van der Waals surface area contributed by atoms with Crippen LogP contribution in [-0.4, -0.2) is 19.7 Å². The van der Waals surface area contributed by atoms with Gasteiger partial charge in [-0.3, -0.25) is 0 Å². The fourth-order valence-electron chi connectivity index (χ4n) is 1.47. The van der Waals surface area contributed by atoms with Crippen LogP contribution in [0.5, 0.6) is 5.75 Å². The van der Waals surface area contributed by atoms with Crippen molar-refractivity contribution in [2.24, 2.45) is 5.92 Å². The van der Waals surface area contributed by atoms with E-state index in [9.17, 15) is 0 Å². The molecule has 1 atom stereocenters. The minimum Gasteiger partial charge on any atom is -0.497 e. The maximum atomic E-state index is 5.13. The molecule has 1 aromatic carbocycles. The molecule has 0 spiro atoms. The van der Waals surface area contributed by atoms with Crippen LogP contribution in [0.25, 0.3) is 0 Å². The molecule has 1 unspecified atom stereocenters. The molecule has 1 aromatic rings. The van der Waals surface area contributed by atoms with Gasteiger partial charge in [0.25, 0.3) is 0 Å². The molecule has 1 rings (SSSR count). The lowest BCUT2D eigenvalue weighted by Crippen LogP contribution is -2.32. The average Bonchev–Trinajstić information content (AvgIpc) is 2.29. The van der Waals surface area contributed by atoms with E-state index in [0.717, 1.165) is 18.7 Å². The van der Waals surface area contributed by atoms with E-state index in [0.29, 0.717) is 12.0 Å². The van der Waals surface area contributed by atoms with Gasteiger partial charge in [0.2, 0.25) is 0 Å². The Morgan fingerprint density at radius 3 is 2.25 bits per heavy atom. The first-order chi connectivity index (χ1) is 7.63. The second kappa shape index (κ2) is 6.54. The Morgan fingerprint density at radius 1 is 1.12 bits per heavy atom. The zero-order valence-corrected chi connectivity index (χ0v) is 10.8. The van der Waals surface area contributed by atoms with E-state index in [4.69, 9.17) is 4.74 Å². The maximum Gasteiger partial charge on any atom is 0.118 e. The lowest BCUT2D eigenvalue weighted by atomic mass is 10.1. The van der Waals surface area contributed by atoms with Crippen molar-refractivity contribution < 1.29 is 4.74 Å². The molecule has 0 saturated carbocycles. The Kier molecular flexibility index (Phi) is 5.33. The molecule has 16 heavy (non-hydrogen) atoms. The van der Waals surface area contributed by atoms with Gasteiger partial charge in [0.05, 0.1) is 7.11 Å². The molecule has 0 radical (unpaired) electrons. The van der Waals surface area contributed by atoms with E-state index in [-0.39, 0.29) is 0 Å². The first-order valence-electron chi connectivity index (χ1n) is 5.99. The monoisotopic (exact) mass is 221 g/mol. The first-order valence-corrected chi connectivity index (χ1v) is 5.99. The second-order valence-electron chi connectivity index (χ2n) is 4.58. The van der Waals surface area contributed by atoms with Crippen molar-refractivity contribution in [2.45, 2.75) is 33.2 Å². The standard InChI is InChI=1S/C14H23NO/c1-11(2)12(3)15-10-9-13-5-7-14(16-4)8-6-13/h5-8,11-12,15H,9-10H2,1-4H3. The van der Waals surface area contributed by atoms with Crippen molar-refractivity contribution >= 4 is 0 Å². The summed E-state index contributed by atoms with van der Waals surface area (Å²) in [6.07, 6.45) is 1.07. The SMILES string of the molecule is COc1ccc(CCNC(C)C(C)C)cc1. The number of hydrogen-bond acceptors (Lipinski definition) is 2. The van der Waals surface area contributed by atoms with E-state index in [1.54, 1.807) is 7.11 Å². The van der Waals surface area contributed by atoms with Gasteiger partial charge >= 0.3 is 0 Å². The molecule has 0 aliphatic carbocycles. The molecule has 0 aromatic heterocycles. The van der Waals surface area contributed by atoms with Crippen LogP contribution >= 0.6 is 0 Å². The Labute approximate surface area is 99.0 Å². The van der Waals surface area contributed by atoms with Crippen molar-refractivity contribution in [3.05, 3.63) is 29.8 Å². The smallest absolute Gasteiger partial charge is 0.118 e. The van der Waals surface area contributed by atoms with E-state index in [1.165, 1.54) is 5.56 Å². The molecule has 0 aliphatic heterocycles. The highest BCUT2D eigenvalue weighted by Gasteiger charge is 2.04. The van der Waals surface area contributed by atoms with Crippen LogP contribution in [0.4, 0.5) is 0 Å². The van der Waals surface area contributed by atoms with Gasteiger partial charge in [-0.15, -0.1) is 0 Å². The Morgan fingerprint density at radius 2 is 1.75 bits per heavy atom. The summed E-state index contributed by atoms with van der Waals surface area (Å²) >= 11 is 0. The summed E-state index contributed by atoms with van der Waals surface area (Å²) in [5, 5.41) is 3.53. The third kappa shape index (κ3) is 4.23. The topological polar surface area (TPSA) is 21.3 Å². The molecule has 0 bridgehead atoms. The maximum absolute atomic E-state index is 5.13. The van der Waals surface area contributed by atoms with Crippen LogP contribution in [0.15, 0.2) is 24.3 Å². The van der Waals surface area contributed by atoms with Crippen LogP contribution in [0.1, 0.15) is 26.3 Å². The van der Waals surface area contributed by atoms with Crippen molar-refractivity contribution in [2.75, 3.05) is 13.7 Å². The first kappa shape index (κ1) is 13.0. The van der Waals surface area contributed by atoms with Gasteiger partial charge in [0.15, 0.2) is 0 Å². The van der Waals surface area contributed by atoms with Gasteiger partial charge in [-0.2, -0.15) is 0 Å². The van der Waals surface area contributed by atoms with Crippen LogP contribution in [0.3, 0.4) is 0 Å². The van der Waals surface area contributed by atoms with Gasteiger partial charge in [-0.05, 0) is 43.5 Å². The van der Waals surface area contributed by atoms with E-state index in [1.807, 2.05) is 12.1 Å². The number of nitrogens with one attached hydrogen (secondary N) is 1. The van der Waals surface area contributed by atoms with E-state index in [2.05, 4.69) is 38.2 Å². The average molecular weight is 221 g/mol. The molecule has 0 fully saturated rings. The molecule has 1 N–H and O–H groups in total. The highest BCUT2D eigenvalue weighted by Crippen LogP contribution is 2.11. The van der Waals surface area contributed by atoms with E-state index >= 15 is 0 Å². The lowest BCUT2D eigenvalue weighted by Gasteiger charge is -2.17. The predicted octanol–water partition coefficient (Wildman–Crippen LogP) is 2.87. The predicted molar refractivity (Wildman–Crippen MR) is 69.0 cm³/mol. The second-order valence-corrected chi connectivity index (χ2v) is 4.58. The highest BCUT2D eigenvalue weighted by atomic mass is 16.5. The Hall–Kier alpha value is -1.02. The number of methoxy groups -OCH3 is 1. The molecule has 0 amide bonds. The summed E-state index contributed by atoms with van der Waals surface area (Å²) in [6.45, 7) is 7.75. The molecule has 90 valence electrons. The normalized spacial score (nSPS) is 12.8. The van der Waals surface area contributed by atoms with Crippen molar-refractivity contribution in [3.8, 4) is 5.75 Å². The van der Waals surface area contributed by atoms with Crippen LogP contribution in [-0.2, 0) is 6.42 Å². The minimum absolute atomic E-state index is 0.582. The molecule has 2 nitrogen and oxygen atoms in total. The van der Waals surface area contributed by atoms with Gasteiger partial charge in [-0.25, -0.2) is 0 Å². The fourth-order valence-corrected chi connectivity index (χ4v) is 1.47. The molecule has 0 aliphatic rings. The fraction of sp³-hybridized carbons (Fsp3) is 0.571. The van der Waals surface area contributed by atoms with E-state index < -0.39 is 0 Å². The molecular formula is C14H23NO. The van der Waals surface area contributed by atoms with Gasteiger partial charge in [0.1, 0.15) is 5.75 Å². The minimum atomic E-state index is 0.582. The zero-order valence-electron chi connectivity index (χ0n) is 10.8. The summed E-state index contributed by atoms with van der Waals surface area (Å²) in [7, 11) is 1.70. The summed E-state index contributed by atoms with van der Waals surface area (Å²) in [5.74, 6) is 1.61. The Balaban J connectivity index is 2.31. The van der Waals surface area contributed by atoms with Crippen molar-refractivity contribution in [3.63, 3.8) is 0 Å². The summed E-state index contributed by atoms with van der Waals surface area (Å²) in [5.41, 5.74) is 1.35. The van der Waals surface area contributed by atoms with Gasteiger partial charge in [-0.1, -0.05) is 26.0 Å². The van der Waals surface area contributed by atoms with Crippen LogP contribution in [0.2, 0.25) is 0 Å². The van der Waals surface area contributed by atoms with Gasteiger partial charge in [0, 0.05) is 6.04 Å². The third-order valence-corrected chi connectivity index (χ3v) is 3.04. The number of rotatable bonds is 6. The van der Waals surface area contributed by atoms with Crippen LogP contribution < -0.4 is 10.1 Å². The van der Waals surface area contributed by atoms with Crippen LogP contribution in [0, 0.1) is 5.92 Å². The third-order valence-electron chi connectivity index (χ3n) is 3.04. The van der Waals surface area contributed by atoms with Gasteiger partial charge < -0.3 is 10.1 Å². The Bertz CT molecular complexity index is 292. The highest BCUT2D eigenvalue weighted by molar-refractivity contribution is 5.27. The molecule has 0 heterocycles. The summed E-state index contributed by atoms with van der Waals surface area (Å²) < 4.78 is 5.13. The van der Waals surface area contributed by atoms with Crippen molar-refractivity contribution in [1.29, 1.82) is 0 Å². The lowest BCUT2D eigenvalue weighted by molar-refractivity contribution is 0.414.